The molecule has 1 fully saturated rings. The molecular formula is C16H24N2O. The van der Waals surface area contributed by atoms with E-state index in [2.05, 4.69) is 28.4 Å². The van der Waals surface area contributed by atoms with Crippen LogP contribution in [0.4, 0.5) is 0 Å². The highest BCUT2D eigenvalue weighted by molar-refractivity contribution is 5.37. The van der Waals surface area contributed by atoms with Gasteiger partial charge in [0.1, 0.15) is 0 Å². The zero-order valence-electron chi connectivity index (χ0n) is 11.7. The number of hydrogen-bond donors (Lipinski definition) is 1. The number of fused-ring (bicyclic) bond motifs is 1. The van der Waals surface area contributed by atoms with Crippen molar-refractivity contribution in [2.45, 2.75) is 25.8 Å². The summed E-state index contributed by atoms with van der Waals surface area (Å²) in [4.78, 5) is 2.53. The highest BCUT2D eigenvalue weighted by Gasteiger charge is 2.13. The number of aryl methyl sites for hydroxylation is 1. The molecule has 1 aromatic rings. The average molecular weight is 260 g/mol. The van der Waals surface area contributed by atoms with Gasteiger partial charge in [0.15, 0.2) is 0 Å². The van der Waals surface area contributed by atoms with E-state index in [1.54, 1.807) is 11.1 Å². The zero-order chi connectivity index (χ0) is 12.9. The summed E-state index contributed by atoms with van der Waals surface area (Å²) in [5.74, 6) is 0. The van der Waals surface area contributed by atoms with Gasteiger partial charge in [-0.2, -0.15) is 0 Å². The van der Waals surface area contributed by atoms with Crippen molar-refractivity contribution in [3.05, 3.63) is 34.9 Å². The molecule has 0 unspecified atom stereocenters. The summed E-state index contributed by atoms with van der Waals surface area (Å²) in [7, 11) is 0. The van der Waals surface area contributed by atoms with Gasteiger partial charge in [-0.15, -0.1) is 0 Å². The summed E-state index contributed by atoms with van der Waals surface area (Å²) >= 11 is 0. The lowest BCUT2D eigenvalue weighted by molar-refractivity contribution is 0.0374. The van der Waals surface area contributed by atoms with E-state index in [-0.39, 0.29) is 0 Å². The Morgan fingerprint density at radius 1 is 1.21 bits per heavy atom. The van der Waals surface area contributed by atoms with Crippen molar-refractivity contribution in [3.63, 3.8) is 0 Å². The second-order valence-electron chi connectivity index (χ2n) is 5.54. The van der Waals surface area contributed by atoms with Gasteiger partial charge in [0, 0.05) is 19.6 Å². The molecule has 2 heterocycles. The highest BCUT2D eigenvalue weighted by atomic mass is 16.5. The second kappa shape index (κ2) is 6.51. The first-order valence-electron chi connectivity index (χ1n) is 7.54. The van der Waals surface area contributed by atoms with E-state index in [9.17, 15) is 0 Å². The van der Waals surface area contributed by atoms with E-state index in [0.29, 0.717) is 0 Å². The maximum absolute atomic E-state index is 5.39. The molecular weight excluding hydrogens is 236 g/mol. The summed E-state index contributed by atoms with van der Waals surface area (Å²) < 4.78 is 5.39. The van der Waals surface area contributed by atoms with Gasteiger partial charge in [-0.25, -0.2) is 0 Å². The lowest BCUT2D eigenvalue weighted by Crippen LogP contribution is -2.37. The fourth-order valence-corrected chi connectivity index (χ4v) is 3.16. The normalized spacial score (nSPS) is 20.2. The van der Waals surface area contributed by atoms with Crippen molar-refractivity contribution in [1.29, 1.82) is 0 Å². The van der Waals surface area contributed by atoms with Crippen LogP contribution >= 0.6 is 0 Å². The van der Waals surface area contributed by atoms with Gasteiger partial charge in [0.25, 0.3) is 0 Å². The topological polar surface area (TPSA) is 24.5 Å². The van der Waals surface area contributed by atoms with Crippen LogP contribution in [-0.4, -0.2) is 44.3 Å². The molecule has 3 heteroatoms. The van der Waals surface area contributed by atoms with Gasteiger partial charge in [-0.3, -0.25) is 4.90 Å². The molecule has 0 amide bonds. The van der Waals surface area contributed by atoms with Gasteiger partial charge < -0.3 is 10.1 Å². The van der Waals surface area contributed by atoms with Crippen LogP contribution in [0, 0.1) is 0 Å². The molecule has 1 N–H and O–H groups in total. The lowest BCUT2D eigenvalue weighted by atomic mass is 9.93. The molecule has 0 spiro atoms. The lowest BCUT2D eigenvalue weighted by Gasteiger charge is -2.27. The highest BCUT2D eigenvalue weighted by Crippen LogP contribution is 2.20. The van der Waals surface area contributed by atoms with Crippen molar-refractivity contribution in [2.75, 3.05) is 39.4 Å². The van der Waals surface area contributed by atoms with Crippen molar-refractivity contribution in [3.8, 4) is 0 Å². The summed E-state index contributed by atoms with van der Waals surface area (Å²) in [5.41, 5.74) is 4.70. The van der Waals surface area contributed by atoms with Gasteiger partial charge in [-0.1, -0.05) is 18.2 Å². The first-order valence-corrected chi connectivity index (χ1v) is 7.54. The third kappa shape index (κ3) is 3.35. The van der Waals surface area contributed by atoms with Crippen LogP contribution < -0.4 is 5.32 Å². The largest absolute Gasteiger partial charge is 0.379 e. The molecule has 1 aromatic carbocycles. The van der Waals surface area contributed by atoms with Crippen molar-refractivity contribution >= 4 is 0 Å². The Balaban J connectivity index is 1.54. The summed E-state index contributed by atoms with van der Waals surface area (Å²) in [6.45, 7) is 7.43. The number of ether oxygens (including phenoxy) is 1. The predicted octanol–water partition coefficient (Wildman–Crippen LogP) is 1.60. The van der Waals surface area contributed by atoms with Gasteiger partial charge >= 0.3 is 0 Å². The minimum atomic E-state index is 0.909. The molecule has 0 aromatic heterocycles. The van der Waals surface area contributed by atoms with E-state index >= 15 is 0 Å². The molecule has 0 atom stereocenters. The third-order valence-corrected chi connectivity index (χ3v) is 4.26. The summed E-state index contributed by atoms with van der Waals surface area (Å²) in [5, 5.41) is 3.45. The zero-order valence-corrected chi connectivity index (χ0v) is 11.7. The molecule has 3 rings (SSSR count). The quantitative estimate of drug-likeness (QED) is 0.890. The van der Waals surface area contributed by atoms with E-state index in [0.717, 1.165) is 39.4 Å². The van der Waals surface area contributed by atoms with Crippen molar-refractivity contribution < 1.29 is 4.74 Å². The number of nitrogens with one attached hydrogen (secondary N) is 1. The first-order chi connectivity index (χ1) is 9.43. The molecule has 0 bridgehead atoms. The Morgan fingerprint density at radius 3 is 3.00 bits per heavy atom. The number of benzene rings is 1. The Morgan fingerprint density at radius 2 is 2.11 bits per heavy atom. The summed E-state index contributed by atoms with van der Waals surface area (Å²) in [6, 6.07) is 6.81. The molecule has 3 nitrogen and oxygen atoms in total. The third-order valence-electron chi connectivity index (χ3n) is 4.26. The van der Waals surface area contributed by atoms with Crippen LogP contribution in [0.5, 0.6) is 0 Å². The number of nitrogens with zero attached hydrogens (tertiary/aromatic N) is 1. The maximum Gasteiger partial charge on any atom is 0.0594 e. The van der Waals surface area contributed by atoms with Crippen LogP contribution in [0.25, 0.3) is 0 Å². The molecule has 0 aliphatic carbocycles. The Hall–Kier alpha value is -0.900. The molecule has 0 saturated carbocycles. The number of rotatable bonds is 4. The van der Waals surface area contributed by atoms with Crippen LogP contribution in [0.1, 0.15) is 23.1 Å². The van der Waals surface area contributed by atoms with Crippen LogP contribution in [0.2, 0.25) is 0 Å². The average Bonchev–Trinajstić information content (AvgIpc) is 2.49. The van der Waals surface area contributed by atoms with Gasteiger partial charge in [0.2, 0.25) is 0 Å². The molecule has 104 valence electrons. The van der Waals surface area contributed by atoms with Crippen LogP contribution in [-0.2, 0) is 24.1 Å². The van der Waals surface area contributed by atoms with E-state index in [1.807, 2.05) is 0 Å². The van der Waals surface area contributed by atoms with Gasteiger partial charge in [0.05, 0.1) is 13.2 Å². The minimum absolute atomic E-state index is 0.909. The fraction of sp³-hybridized carbons (Fsp3) is 0.625. The van der Waals surface area contributed by atoms with Crippen LogP contribution in [0.3, 0.4) is 0 Å². The molecule has 2 aliphatic rings. The molecule has 19 heavy (non-hydrogen) atoms. The monoisotopic (exact) mass is 260 g/mol. The second-order valence-corrected chi connectivity index (χ2v) is 5.54. The molecule has 0 radical (unpaired) electrons. The van der Waals surface area contributed by atoms with Gasteiger partial charge in [-0.05, 0) is 49.0 Å². The van der Waals surface area contributed by atoms with E-state index < -0.39 is 0 Å². The SMILES string of the molecule is c1cc(CCCN2CCOCC2)c2c(c1)CNCC2. The first kappa shape index (κ1) is 13.1. The number of morpholine rings is 1. The molecule has 2 aliphatic heterocycles. The maximum atomic E-state index is 5.39. The van der Waals surface area contributed by atoms with Crippen molar-refractivity contribution in [1.82, 2.24) is 10.2 Å². The number of hydrogen-bond acceptors (Lipinski definition) is 3. The standard InChI is InChI=1S/C16H24N2O/c1-3-14(16-6-7-17-13-15(16)4-1)5-2-8-18-9-11-19-12-10-18/h1,3-4,17H,2,5-13H2. The Labute approximate surface area is 115 Å². The Bertz CT molecular complexity index is 413. The minimum Gasteiger partial charge on any atom is -0.379 e. The van der Waals surface area contributed by atoms with Crippen LogP contribution in [0.15, 0.2) is 18.2 Å². The fourth-order valence-electron chi connectivity index (χ4n) is 3.16. The smallest absolute Gasteiger partial charge is 0.0594 e. The predicted molar refractivity (Wildman–Crippen MR) is 77.4 cm³/mol. The van der Waals surface area contributed by atoms with E-state index in [4.69, 9.17) is 4.74 Å². The van der Waals surface area contributed by atoms with Crippen molar-refractivity contribution in [2.24, 2.45) is 0 Å². The molecule has 1 saturated heterocycles. The van der Waals surface area contributed by atoms with E-state index in [1.165, 1.54) is 31.4 Å². The summed E-state index contributed by atoms with van der Waals surface area (Å²) in [6.07, 6.45) is 3.69. The Kier molecular flexibility index (Phi) is 4.49.